The number of amides is 1. The summed E-state index contributed by atoms with van der Waals surface area (Å²) in [6.07, 6.45) is 0. The van der Waals surface area contributed by atoms with Crippen molar-refractivity contribution in [1.29, 1.82) is 0 Å². The van der Waals surface area contributed by atoms with Gasteiger partial charge in [0.25, 0.3) is 0 Å². The first-order chi connectivity index (χ1) is 10.5. The third-order valence-electron chi connectivity index (χ3n) is 3.37. The Labute approximate surface area is 129 Å². The van der Waals surface area contributed by atoms with E-state index in [0.717, 1.165) is 0 Å². The van der Waals surface area contributed by atoms with Crippen LogP contribution in [0.5, 0.6) is 0 Å². The van der Waals surface area contributed by atoms with E-state index in [2.05, 4.69) is 5.32 Å². The summed E-state index contributed by atoms with van der Waals surface area (Å²) in [6.45, 7) is 2.66. The van der Waals surface area contributed by atoms with Crippen LogP contribution in [0.3, 0.4) is 0 Å². The average Bonchev–Trinajstić information content (AvgIpc) is 2.53. The fraction of sp³-hybridized carbons (Fsp3) is 0.176. The number of carbonyl (C=O) groups is 2. The molecule has 0 saturated carbocycles. The minimum absolute atomic E-state index is 0.328. The highest BCUT2D eigenvalue weighted by Gasteiger charge is 2.40. The SMILES string of the molecule is CC(=O)NC(C(C)=O)P(=O)(c1ccccc1)c1ccccc1. The molecule has 22 heavy (non-hydrogen) atoms. The second-order valence-corrected chi connectivity index (χ2v) is 7.91. The minimum atomic E-state index is -3.33. The first-order valence-corrected chi connectivity index (χ1v) is 8.72. The molecule has 0 spiro atoms. The first kappa shape index (κ1) is 16.2. The quantitative estimate of drug-likeness (QED) is 0.859. The molecule has 4 nitrogen and oxygen atoms in total. The van der Waals surface area contributed by atoms with Crippen molar-refractivity contribution in [3.05, 3.63) is 60.7 Å². The third kappa shape index (κ3) is 3.18. The van der Waals surface area contributed by atoms with Gasteiger partial charge in [0.2, 0.25) is 5.91 Å². The standard InChI is InChI=1S/C17H18NO3P/c1-13(19)17(18-14(2)20)22(21,15-9-5-3-6-10-15)16-11-7-4-8-12-16/h3-12,17H,1-2H3,(H,18,20). The molecule has 0 aliphatic carbocycles. The van der Waals surface area contributed by atoms with Gasteiger partial charge in [0.05, 0.1) is 0 Å². The number of rotatable bonds is 5. The molecule has 5 heteroatoms. The minimum Gasteiger partial charge on any atom is -0.340 e. The smallest absolute Gasteiger partial charge is 0.217 e. The van der Waals surface area contributed by atoms with Crippen LogP contribution < -0.4 is 15.9 Å². The van der Waals surface area contributed by atoms with Crippen molar-refractivity contribution in [2.45, 2.75) is 19.6 Å². The summed E-state index contributed by atoms with van der Waals surface area (Å²) in [5.41, 5.74) is 0. The van der Waals surface area contributed by atoms with Crippen molar-refractivity contribution in [2.75, 3.05) is 0 Å². The molecule has 2 aromatic rings. The van der Waals surface area contributed by atoms with Crippen LogP contribution in [0.4, 0.5) is 0 Å². The average molecular weight is 315 g/mol. The number of carbonyl (C=O) groups excluding carboxylic acids is 2. The molecular weight excluding hydrogens is 297 g/mol. The van der Waals surface area contributed by atoms with Gasteiger partial charge in [-0.05, 0) is 6.92 Å². The molecule has 0 saturated heterocycles. The van der Waals surface area contributed by atoms with Crippen LogP contribution in [-0.4, -0.2) is 17.5 Å². The maximum Gasteiger partial charge on any atom is 0.217 e. The molecule has 1 unspecified atom stereocenters. The zero-order valence-electron chi connectivity index (χ0n) is 12.5. The fourth-order valence-corrected chi connectivity index (χ4v) is 5.39. The van der Waals surface area contributed by atoms with Crippen LogP contribution in [0.2, 0.25) is 0 Å². The van der Waals surface area contributed by atoms with E-state index in [1.54, 1.807) is 48.5 Å². The summed E-state index contributed by atoms with van der Waals surface area (Å²) in [4.78, 5) is 23.6. The maximum absolute atomic E-state index is 13.9. The number of hydrogen-bond donors (Lipinski definition) is 1. The highest BCUT2D eigenvalue weighted by molar-refractivity contribution is 7.80. The Kier molecular flexibility index (Phi) is 4.94. The summed E-state index contributed by atoms with van der Waals surface area (Å²) >= 11 is 0. The molecule has 114 valence electrons. The van der Waals surface area contributed by atoms with Crippen LogP contribution in [0, 0.1) is 0 Å². The Morgan fingerprint density at radius 1 is 0.864 bits per heavy atom. The van der Waals surface area contributed by atoms with Crippen molar-refractivity contribution < 1.29 is 14.2 Å². The normalized spacial score (nSPS) is 12.5. The number of ketones is 1. The predicted molar refractivity (Wildman–Crippen MR) is 88.0 cm³/mol. The van der Waals surface area contributed by atoms with E-state index >= 15 is 0 Å². The van der Waals surface area contributed by atoms with E-state index in [-0.39, 0.29) is 11.7 Å². The van der Waals surface area contributed by atoms with Crippen molar-refractivity contribution in [1.82, 2.24) is 5.32 Å². The molecular formula is C17H18NO3P. The van der Waals surface area contributed by atoms with E-state index in [1.807, 2.05) is 12.1 Å². The van der Waals surface area contributed by atoms with E-state index in [9.17, 15) is 14.2 Å². The Morgan fingerprint density at radius 2 is 1.27 bits per heavy atom. The van der Waals surface area contributed by atoms with Crippen molar-refractivity contribution in [2.24, 2.45) is 0 Å². The van der Waals surface area contributed by atoms with Gasteiger partial charge in [-0.25, -0.2) is 0 Å². The van der Waals surface area contributed by atoms with E-state index < -0.39 is 12.9 Å². The largest absolute Gasteiger partial charge is 0.340 e. The predicted octanol–water partition coefficient (Wildman–Crippen LogP) is 2.05. The summed E-state index contributed by atoms with van der Waals surface area (Å²) in [5, 5.41) is 3.67. The van der Waals surface area contributed by atoms with Crippen LogP contribution >= 0.6 is 7.14 Å². The lowest BCUT2D eigenvalue weighted by atomic mass is 10.4. The van der Waals surface area contributed by atoms with Crippen molar-refractivity contribution in [3.63, 3.8) is 0 Å². The molecule has 1 atom stereocenters. The Balaban J connectivity index is 2.67. The third-order valence-corrected chi connectivity index (χ3v) is 6.72. The Hall–Kier alpha value is -2.19. The fourth-order valence-electron chi connectivity index (χ4n) is 2.39. The Morgan fingerprint density at radius 3 is 1.59 bits per heavy atom. The maximum atomic E-state index is 13.9. The van der Waals surface area contributed by atoms with Gasteiger partial charge in [-0.15, -0.1) is 0 Å². The number of hydrogen-bond acceptors (Lipinski definition) is 3. The van der Waals surface area contributed by atoms with Crippen molar-refractivity contribution >= 4 is 29.4 Å². The molecule has 2 aromatic carbocycles. The van der Waals surface area contributed by atoms with Crippen LogP contribution in [-0.2, 0) is 14.2 Å². The van der Waals surface area contributed by atoms with Crippen LogP contribution in [0.25, 0.3) is 0 Å². The van der Waals surface area contributed by atoms with Gasteiger partial charge in [-0.1, -0.05) is 60.7 Å². The van der Waals surface area contributed by atoms with E-state index in [0.29, 0.717) is 10.6 Å². The monoisotopic (exact) mass is 315 g/mol. The van der Waals surface area contributed by atoms with Gasteiger partial charge >= 0.3 is 0 Å². The van der Waals surface area contributed by atoms with Crippen molar-refractivity contribution in [3.8, 4) is 0 Å². The van der Waals surface area contributed by atoms with E-state index in [4.69, 9.17) is 0 Å². The zero-order valence-corrected chi connectivity index (χ0v) is 13.4. The van der Waals surface area contributed by atoms with Gasteiger partial charge in [0.1, 0.15) is 5.78 Å². The van der Waals surface area contributed by atoms with Gasteiger partial charge < -0.3 is 9.88 Å². The zero-order chi connectivity index (χ0) is 16.2. The summed E-state index contributed by atoms with van der Waals surface area (Å²) < 4.78 is 13.9. The second-order valence-electron chi connectivity index (χ2n) is 5.04. The number of Topliss-reactive ketones (excluding diaryl/α,β-unsaturated/α-hetero) is 1. The highest BCUT2D eigenvalue weighted by Crippen LogP contribution is 2.47. The number of nitrogens with one attached hydrogen (secondary N) is 1. The molecule has 0 aromatic heterocycles. The lowest BCUT2D eigenvalue weighted by Gasteiger charge is -2.27. The molecule has 1 N–H and O–H groups in total. The highest BCUT2D eigenvalue weighted by atomic mass is 31.2. The first-order valence-electron chi connectivity index (χ1n) is 6.94. The van der Waals surface area contributed by atoms with Gasteiger partial charge in [0.15, 0.2) is 12.9 Å². The van der Waals surface area contributed by atoms with Gasteiger partial charge in [-0.2, -0.15) is 0 Å². The topological polar surface area (TPSA) is 63.2 Å². The summed E-state index contributed by atoms with van der Waals surface area (Å²) in [6, 6.07) is 17.6. The van der Waals surface area contributed by atoms with Gasteiger partial charge in [-0.3, -0.25) is 9.59 Å². The lowest BCUT2D eigenvalue weighted by molar-refractivity contribution is -0.123. The second kappa shape index (κ2) is 6.71. The molecule has 0 bridgehead atoms. The summed E-state index contributed by atoms with van der Waals surface area (Å²) in [5.74, 6) is -1.77. The number of benzene rings is 2. The lowest BCUT2D eigenvalue weighted by Crippen LogP contribution is -2.43. The Bertz CT molecular complexity index is 670. The molecule has 0 aliphatic rings. The molecule has 0 fully saturated rings. The molecule has 0 heterocycles. The molecule has 0 aliphatic heterocycles. The summed E-state index contributed by atoms with van der Waals surface area (Å²) in [7, 11) is -3.33. The molecule has 1 amide bonds. The van der Waals surface area contributed by atoms with Gasteiger partial charge in [0, 0.05) is 17.5 Å². The van der Waals surface area contributed by atoms with Crippen LogP contribution in [0.1, 0.15) is 13.8 Å². The van der Waals surface area contributed by atoms with E-state index in [1.165, 1.54) is 13.8 Å². The molecule has 0 radical (unpaired) electrons. The van der Waals surface area contributed by atoms with Crippen LogP contribution in [0.15, 0.2) is 60.7 Å². The molecule has 2 rings (SSSR count).